The van der Waals surface area contributed by atoms with Gasteiger partial charge in [-0.3, -0.25) is 14.6 Å². The molecule has 1 heterocycles. The minimum atomic E-state index is 0.813. The van der Waals surface area contributed by atoms with Gasteiger partial charge in [0.25, 0.3) is 0 Å². The fraction of sp³-hybridized carbons (Fsp3) is 0.600. The molecule has 0 spiro atoms. The van der Waals surface area contributed by atoms with Crippen molar-refractivity contribution < 1.29 is 14.4 Å². The Balaban J connectivity index is 0.000000282. The molecule has 3 aliphatic rings. The summed E-state index contributed by atoms with van der Waals surface area (Å²) in [6.45, 7) is 6.57. The first-order valence-corrected chi connectivity index (χ1v) is 7.23. The number of rotatable bonds is 6. The van der Waals surface area contributed by atoms with Crippen molar-refractivity contribution in [3.05, 3.63) is 18.2 Å². The van der Waals surface area contributed by atoms with E-state index >= 15 is 0 Å². The molecule has 0 unspecified atom stereocenters. The van der Waals surface area contributed by atoms with Crippen LogP contribution in [0.2, 0.25) is 0 Å². The molecule has 21 heavy (non-hydrogen) atoms. The highest BCUT2D eigenvalue weighted by molar-refractivity contribution is 5.87. The number of nitrogens with zero attached hydrogens (tertiary/aromatic N) is 2. The van der Waals surface area contributed by atoms with Gasteiger partial charge < -0.3 is 9.64 Å². The van der Waals surface area contributed by atoms with Gasteiger partial charge in [-0.1, -0.05) is 11.7 Å². The van der Waals surface area contributed by atoms with Gasteiger partial charge in [0.1, 0.15) is 12.4 Å². The monoisotopic (exact) mass is 295 g/mol. The molecule has 118 valence electrons. The van der Waals surface area contributed by atoms with Crippen molar-refractivity contribution >= 4 is 0 Å². The summed E-state index contributed by atoms with van der Waals surface area (Å²) in [6, 6.07) is 6.38. The van der Waals surface area contributed by atoms with Gasteiger partial charge in [0.15, 0.2) is 0 Å². The number of nitrogens with one attached hydrogen (secondary N) is 1. The molecule has 2 aliphatic carbocycles. The van der Waals surface area contributed by atoms with E-state index in [1.165, 1.54) is 51.5 Å². The minimum absolute atomic E-state index is 0.813. The molecule has 1 fully saturated rings. The van der Waals surface area contributed by atoms with E-state index in [1.54, 1.807) is 0 Å². The van der Waals surface area contributed by atoms with Crippen LogP contribution >= 0.6 is 0 Å². The van der Waals surface area contributed by atoms with Gasteiger partial charge in [-0.25, -0.2) is 0 Å². The number of hydrogen-bond donors (Lipinski definition) is 1. The number of fused-ring (bicyclic) bond motifs is 1. The maximum absolute atomic E-state index is 5.77. The van der Waals surface area contributed by atoms with Crippen LogP contribution < -0.4 is 10.4 Å². The third kappa shape index (κ3) is 5.26. The summed E-state index contributed by atoms with van der Waals surface area (Å²) in [4.78, 5) is 13.3. The first-order valence-electron chi connectivity index (χ1n) is 7.23. The van der Waals surface area contributed by atoms with Crippen LogP contribution in [0.15, 0.2) is 18.2 Å². The van der Waals surface area contributed by atoms with E-state index in [0.717, 1.165) is 18.9 Å². The lowest BCUT2D eigenvalue weighted by molar-refractivity contribution is -0.130. The molecule has 0 bridgehead atoms. The molecule has 0 amide bonds. The number of ether oxygens (including phenoxy) is 1. The van der Waals surface area contributed by atoms with Crippen molar-refractivity contribution in [2.45, 2.75) is 0 Å². The average molecular weight is 295 g/mol. The van der Waals surface area contributed by atoms with Crippen molar-refractivity contribution in [2.75, 3.05) is 60.6 Å². The van der Waals surface area contributed by atoms with Crippen LogP contribution in [0.5, 0.6) is 5.75 Å². The minimum Gasteiger partial charge on any atom is -0.492 e. The topological polar surface area (TPSA) is 46.2 Å². The zero-order valence-electron chi connectivity index (χ0n) is 13.1. The molecular weight excluding hydrogens is 270 g/mol. The molecule has 1 saturated heterocycles. The van der Waals surface area contributed by atoms with E-state index in [4.69, 9.17) is 4.74 Å². The lowest BCUT2D eigenvalue weighted by Gasteiger charge is -2.32. The highest BCUT2D eigenvalue weighted by Gasteiger charge is 2.19. The maximum atomic E-state index is 5.77. The molecule has 0 saturated carbocycles. The predicted octanol–water partition coefficient (Wildman–Crippen LogP) is 0.992. The predicted molar refractivity (Wildman–Crippen MR) is 82.0 cm³/mol. The molecule has 6 nitrogen and oxygen atoms in total. The maximum Gasteiger partial charge on any atom is 0.127 e. The van der Waals surface area contributed by atoms with Crippen LogP contribution in [0.25, 0.3) is 11.1 Å². The van der Waals surface area contributed by atoms with E-state index in [9.17, 15) is 0 Å². The summed E-state index contributed by atoms with van der Waals surface area (Å²) in [5, 5.41) is 0. The molecule has 3 rings (SSSR count). The van der Waals surface area contributed by atoms with Crippen molar-refractivity contribution in [1.82, 2.24) is 15.4 Å². The summed E-state index contributed by atoms with van der Waals surface area (Å²) in [7, 11) is 5.14. The highest BCUT2D eigenvalue weighted by atomic mass is 16.9. The Hall–Kier alpha value is -1.18. The third-order valence-electron chi connectivity index (χ3n) is 3.63. The number of benzene rings is 1. The summed E-state index contributed by atoms with van der Waals surface area (Å²) >= 11 is 0. The number of piperazine rings is 1. The Morgan fingerprint density at radius 2 is 1.81 bits per heavy atom. The fourth-order valence-corrected chi connectivity index (χ4v) is 2.29. The summed E-state index contributed by atoms with van der Waals surface area (Å²) in [5.74, 6) is 1.07. The van der Waals surface area contributed by atoms with Gasteiger partial charge in [0, 0.05) is 38.3 Å². The molecule has 0 radical (unpaired) electrons. The molecule has 0 aromatic rings. The quantitative estimate of drug-likeness (QED) is 0.802. The zero-order chi connectivity index (χ0) is 15.1. The van der Waals surface area contributed by atoms with Crippen LogP contribution in [0.3, 0.4) is 0 Å². The van der Waals surface area contributed by atoms with Crippen LogP contribution in [0.4, 0.5) is 0 Å². The largest absolute Gasteiger partial charge is 0.492 e. The molecular formula is C15H25N3O3. The van der Waals surface area contributed by atoms with Crippen molar-refractivity contribution in [3.63, 3.8) is 0 Å². The first-order chi connectivity index (χ1) is 10.2. The van der Waals surface area contributed by atoms with Crippen LogP contribution in [-0.2, 0) is 9.68 Å². The molecule has 0 atom stereocenters. The Labute approximate surface area is 126 Å². The van der Waals surface area contributed by atoms with E-state index in [2.05, 4.69) is 50.4 Å². The summed E-state index contributed by atoms with van der Waals surface area (Å²) < 4.78 is 5.77. The van der Waals surface area contributed by atoms with Gasteiger partial charge in [0.2, 0.25) is 0 Å². The normalized spacial score (nSPS) is 17.1. The lowest BCUT2D eigenvalue weighted by atomic mass is 10.3. The van der Waals surface area contributed by atoms with Gasteiger partial charge >= 0.3 is 0 Å². The Morgan fingerprint density at radius 1 is 1.10 bits per heavy atom. The molecule has 0 aromatic carbocycles. The molecule has 1 N–H and O–H groups in total. The Bertz CT molecular complexity index is 432. The van der Waals surface area contributed by atoms with Crippen molar-refractivity contribution in [2.24, 2.45) is 0 Å². The molecule has 6 heteroatoms. The van der Waals surface area contributed by atoms with Crippen LogP contribution in [0, 0.1) is 0 Å². The third-order valence-corrected chi connectivity index (χ3v) is 3.63. The SMILES string of the molecule is CN1CCN(CCOc2ccc3cc2-3)CC1.CONOC. The smallest absolute Gasteiger partial charge is 0.127 e. The summed E-state index contributed by atoms with van der Waals surface area (Å²) in [6.07, 6.45) is 0. The van der Waals surface area contributed by atoms with Crippen molar-refractivity contribution in [1.29, 1.82) is 0 Å². The van der Waals surface area contributed by atoms with E-state index in [1.807, 2.05) is 0 Å². The van der Waals surface area contributed by atoms with Gasteiger partial charge in [-0.05, 0) is 24.7 Å². The molecule has 0 aromatic heterocycles. The number of hydrogen-bond acceptors (Lipinski definition) is 6. The van der Waals surface area contributed by atoms with Gasteiger partial charge in [0.05, 0.1) is 14.2 Å². The van der Waals surface area contributed by atoms with Crippen LogP contribution in [-0.4, -0.2) is 70.4 Å². The van der Waals surface area contributed by atoms with Gasteiger partial charge in [-0.2, -0.15) is 0 Å². The zero-order valence-corrected chi connectivity index (χ0v) is 13.1. The Kier molecular flexibility index (Phi) is 6.41. The van der Waals surface area contributed by atoms with E-state index in [-0.39, 0.29) is 0 Å². The fourth-order valence-electron chi connectivity index (χ4n) is 2.29. The molecule has 1 aliphatic heterocycles. The lowest BCUT2D eigenvalue weighted by Crippen LogP contribution is -2.45. The standard InChI is InChI=1S/C13H18N2O.C2H7NO2/c1-14-4-6-15(7-5-14)8-9-16-13-3-2-11-10-12(11)13;1-4-3-5-2/h2-3,10H,4-9H2,1H3;3H,1-2H3. The van der Waals surface area contributed by atoms with E-state index < -0.39 is 0 Å². The van der Waals surface area contributed by atoms with E-state index in [0.29, 0.717) is 0 Å². The average Bonchev–Trinajstić information content (AvgIpc) is 3.17. The first kappa shape index (κ1) is 16.2. The second-order valence-corrected chi connectivity index (χ2v) is 5.20. The van der Waals surface area contributed by atoms with Crippen molar-refractivity contribution in [3.8, 4) is 16.9 Å². The van der Waals surface area contributed by atoms with Gasteiger partial charge in [-0.15, -0.1) is 0 Å². The van der Waals surface area contributed by atoms with Crippen LogP contribution in [0.1, 0.15) is 0 Å². The second-order valence-electron chi connectivity index (χ2n) is 5.20. The highest BCUT2D eigenvalue weighted by Crippen LogP contribution is 2.43. The summed E-state index contributed by atoms with van der Waals surface area (Å²) in [5.41, 5.74) is 4.79. The number of likely N-dealkylation sites (N-methyl/N-ethyl adjacent to an activating group) is 1. The second kappa shape index (κ2) is 8.31. The Morgan fingerprint density at radius 3 is 2.29 bits per heavy atom.